The maximum atomic E-state index is 5.47. The van der Waals surface area contributed by atoms with Crippen molar-refractivity contribution in [3.63, 3.8) is 0 Å². The molecule has 2 heterocycles. The van der Waals surface area contributed by atoms with E-state index in [0.29, 0.717) is 30.5 Å². The Morgan fingerprint density at radius 1 is 1.39 bits per heavy atom. The number of rotatable bonds is 5. The van der Waals surface area contributed by atoms with Crippen molar-refractivity contribution in [2.75, 3.05) is 0 Å². The van der Waals surface area contributed by atoms with Gasteiger partial charge in [-0.15, -0.1) is 5.10 Å². The molecular formula is C11H16N4O3. The molecule has 0 fully saturated rings. The fourth-order valence-electron chi connectivity index (χ4n) is 1.43. The van der Waals surface area contributed by atoms with Crippen LogP contribution in [0.15, 0.2) is 24.0 Å². The van der Waals surface area contributed by atoms with E-state index in [2.05, 4.69) is 22.1 Å². The van der Waals surface area contributed by atoms with Gasteiger partial charge in [-0.25, -0.2) is 4.68 Å². The fraction of sp³-hybridized carbons (Fsp3) is 0.545. The van der Waals surface area contributed by atoms with Crippen molar-refractivity contribution < 1.29 is 14.2 Å². The molecule has 0 bridgehead atoms. The number of allylic oxidation sites excluding steroid dienone is 2. The first-order valence-electron chi connectivity index (χ1n) is 5.67. The van der Waals surface area contributed by atoms with Crippen LogP contribution < -0.4 is 0 Å². The second-order valence-electron chi connectivity index (χ2n) is 4.17. The Morgan fingerprint density at radius 2 is 2.17 bits per heavy atom. The molecule has 7 heteroatoms. The van der Waals surface area contributed by atoms with Gasteiger partial charge in [0.15, 0.2) is 11.6 Å². The quantitative estimate of drug-likeness (QED) is 0.787. The third kappa shape index (κ3) is 2.86. The summed E-state index contributed by atoms with van der Waals surface area (Å²) in [6.07, 6.45) is 0.127. The molecule has 0 N–H and O–H groups in total. The second-order valence-corrected chi connectivity index (χ2v) is 4.17. The van der Waals surface area contributed by atoms with Gasteiger partial charge in [0.1, 0.15) is 18.9 Å². The Balaban J connectivity index is 2.04. The molecule has 0 amide bonds. The molecule has 0 unspecified atom stereocenters. The van der Waals surface area contributed by atoms with Crippen molar-refractivity contribution in [3.05, 3.63) is 29.9 Å². The van der Waals surface area contributed by atoms with E-state index in [-0.39, 0.29) is 12.0 Å². The normalized spacial score (nSPS) is 15.2. The number of nitrogens with zero attached hydrogens (tertiary/aromatic N) is 4. The lowest BCUT2D eigenvalue weighted by molar-refractivity contribution is 0.0586. The molecule has 2 rings (SSSR count). The Hall–Kier alpha value is -1.89. The summed E-state index contributed by atoms with van der Waals surface area (Å²) < 4.78 is 17.6. The monoisotopic (exact) mass is 252 g/mol. The molecule has 0 saturated carbocycles. The van der Waals surface area contributed by atoms with Gasteiger partial charge < -0.3 is 14.2 Å². The Kier molecular flexibility index (Phi) is 3.61. The van der Waals surface area contributed by atoms with Crippen LogP contribution in [0.5, 0.6) is 0 Å². The molecule has 0 spiro atoms. The van der Waals surface area contributed by atoms with Crippen molar-refractivity contribution >= 4 is 0 Å². The average molecular weight is 252 g/mol. The zero-order valence-corrected chi connectivity index (χ0v) is 10.7. The molecule has 0 saturated heterocycles. The summed E-state index contributed by atoms with van der Waals surface area (Å²) in [6, 6.07) is 0. The van der Waals surface area contributed by atoms with Crippen LogP contribution in [0.25, 0.3) is 0 Å². The van der Waals surface area contributed by atoms with Gasteiger partial charge in [0.25, 0.3) is 5.95 Å². The summed E-state index contributed by atoms with van der Waals surface area (Å²) in [7, 11) is 0. The highest BCUT2D eigenvalue weighted by Gasteiger charge is 2.20. The number of hydrogen-bond donors (Lipinski definition) is 0. The van der Waals surface area contributed by atoms with E-state index in [1.165, 1.54) is 0 Å². The van der Waals surface area contributed by atoms with Crippen molar-refractivity contribution in [2.24, 2.45) is 0 Å². The lowest BCUT2D eigenvalue weighted by Gasteiger charge is -2.07. The van der Waals surface area contributed by atoms with E-state index in [9.17, 15) is 0 Å². The number of aromatic nitrogens is 4. The molecule has 7 nitrogen and oxygen atoms in total. The molecule has 18 heavy (non-hydrogen) atoms. The van der Waals surface area contributed by atoms with Crippen molar-refractivity contribution in [3.8, 4) is 0 Å². The first-order valence-corrected chi connectivity index (χ1v) is 5.67. The highest BCUT2D eigenvalue weighted by atomic mass is 16.7. The van der Waals surface area contributed by atoms with E-state index >= 15 is 0 Å². The molecule has 1 aromatic rings. The topological polar surface area (TPSA) is 71.3 Å². The largest absolute Gasteiger partial charge is 0.428 e. The predicted molar refractivity (Wildman–Crippen MR) is 61.8 cm³/mol. The van der Waals surface area contributed by atoms with Crippen LogP contribution in [-0.2, 0) is 27.4 Å². The zero-order valence-electron chi connectivity index (χ0n) is 10.7. The minimum absolute atomic E-state index is 0.127. The van der Waals surface area contributed by atoms with Crippen LogP contribution in [0.4, 0.5) is 0 Å². The second kappa shape index (κ2) is 5.18. The average Bonchev–Trinajstić information content (AvgIpc) is 2.84. The van der Waals surface area contributed by atoms with Crippen LogP contribution >= 0.6 is 0 Å². The van der Waals surface area contributed by atoms with Gasteiger partial charge in [0.05, 0.1) is 6.10 Å². The smallest absolute Gasteiger partial charge is 0.282 e. The Morgan fingerprint density at radius 3 is 2.78 bits per heavy atom. The Labute approximate surface area is 105 Å². The van der Waals surface area contributed by atoms with E-state index in [4.69, 9.17) is 14.2 Å². The molecule has 0 atom stereocenters. The van der Waals surface area contributed by atoms with Crippen molar-refractivity contribution in [1.82, 2.24) is 20.2 Å². The third-order valence-electron chi connectivity index (χ3n) is 2.34. The number of ether oxygens (including phenoxy) is 3. The van der Waals surface area contributed by atoms with Crippen LogP contribution in [0.2, 0.25) is 0 Å². The minimum Gasteiger partial charge on any atom is -0.428 e. The number of tetrazole rings is 1. The third-order valence-corrected chi connectivity index (χ3v) is 2.34. The predicted octanol–water partition coefficient (Wildman–Crippen LogP) is 1.35. The van der Waals surface area contributed by atoms with Crippen molar-refractivity contribution in [1.29, 1.82) is 0 Å². The van der Waals surface area contributed by atoms with Gasteiger partial charge in [0.2, 0.25) is 0 Å². The molecule has 1 aliphatic rings. The highest BCUT2D eigenvalue weighted by molar-refractivity contribution is 5.09. The molecule has 0 radical (unpaired) electrons. The van der Waals surface area contributed by atoms with E-state index in [1.807, 2.05) is 20.8 Å². The van der Waals surface area contributed by atoms with Crippen LogP contribution in [0.3, 0.4) is 0 Å². The van der Waals surface area contributed by atoms with Crippen LogP contribution in [0, 0.1) is 0 Å². The van der Waals surface area contributed by atoms with Crippen LogP contribution in [0.1, 0.15) is 26.6 Å². The van der Waals surface area contributed by atoms with E-state index < -0.39 is 0 Å². The summed E-state index contributed by atoms with van der Waals surface area (Å²) in [5.41, 5.74) is 0. The van der Waals surface area contributed by atoms with Gasteiger partial charge in [-0.1, -0.05) is 0 Å². The van der Waals surface area contributed by atoms with Crippen molar-refractivity contribution in [2.45, 2.75) is 40.0 Å². The molecule has 0 aliphatic carbocycles. The van der Waals surface area contributed by atoms with E-state index in [1.54, 1.807) is 4.68 Å². The number of hydrogen-bond acceptors (Lipinski definition) is 6. The van der Waals surface area contributed by atoms with Gasteiger partial charge >= 0.3 is 0 Å². The summed E-state index contributed by atoms with van der Waals surface area (Å²) >= 11 is 0. The van der Waals surface area contributed by atoms with Gasteiger partial charge in [-0.05, 0) is 37.8 Å². The molecule has 98 valence electrons. The molecule has 1 aliphatic heterocycles. The van der Waals surface area contributed by atoms with Crippen LogP contribution in [-0.4, -0.2) is 26.3 Å². The molecule has 1 aromatic heterocycles. The fourth-order valence-corrected chi connectivity index (χ4v) is 1.43. The summed E-state index contributed by atoms with van der Waals surface area (Å²) in [5.74, 6) is 2.24. The highest BCUT2D eigenvalue weighted by Crippen LogP contribution is 2.24. The van der Waals surface area contributed by atoms with Gasteiger partial charge in [-0.3, -0.25) is 0 Å². The molecular weight excluding hydrogens is 236 g/mol. The SMILES string of the molecule is C=C1OC(C)=C(Cn2nnnc2COC(C)C)O1. The Bertz CT molecular complexity index is 478. The summed E-state index contributed by atoms with van der Waals surface area (Å²) in [5, 5.41) is 11.4. The lowest BCUT2D eigenvalue weighted by atomic mass is 10.4. The summed E-state index contributed by atoms with van der Waals surface area (Å²) in [6.45, 7) is 10.1. The molecule has 0 aromatic carbocycles. The van der Waals surface area contributed by atoms with Gasteiger partial charge in [-0.2, -0.15) is 0 Å². The lowest BCUT2D eigenvalue weighted by Crippen LogP contribution is -2.12. The van der Waals surface area contributed by atoms with Gasteiger partial charge in [0, 0.05) is 0 Å². The minimum atomic E-state index is 0.127. The first kappa shape index (κ1) is 12.6. The maximum absolute atomic E-state index is 5.47. The maximum Gasteiger partial charge on any atom is 0.282 e. The zero-order chi connectivity index (χ0) is 13.1. The standard InChI is InChI=1S/C11H16N4O3/c1-7(2)16-6-11-12-13-14-15(11)5-10-8(3)17-9(4)18-10/h7H,4-6H2,1-3H3. The summed E-state index contributed by atoms with van der Waals surface area (Å²) in [4.78, 5) is 0. The van der Waals surface area contributed by atoms with E-state index in [0.717, 1.165) is 0 Å². The first-order chi connectivity index (χ1) is 8.56.